The number of nitrogens with zero attached hydrogens (tertiary/aromatic N) is 1. The average Bonchev–Trinajstić information content (AvgIpc) is 3.10. The number of esters is 1. The van der Waals surface area contributed by atoms with E-state index in [1.54, 1.807) is 6.07 Å². The van der Waals surface area contributed by atoms with Crippen LogP contribution in [0, 0.1) is 5.92 Å². The lowest BCUT2D eigenvalue weighted by molar-refractivity contribution is -0.145. The van der Waals surface area contributed by atoms with Gasteiger partial charge in [0, 0.05) is 24.1 Å². The summed E-state index contributed by atoms with van der Waals surface area (Å²) in [5.74, 6) is -2.27. The first-order valence-electron chi connectivity index (χ1n) is 17.8. The number of ketones is 1. The Morgan fingerprint density at radius 2 is 1.33 bits per heavy atom. The number of nitrogens with one attached hydrogen (secondary N) is 1. The van der Waals surface area contributed by atoms with E-state index in [0.717, 1.165) is 49.6 Å². The molecule has 0 bridgehead atoms. The molecule has 0 aliphatic heterocycles. The van der Waals surface area contributed by atoms with Crippen LogP contribution in [0.1, 0.15) is 119 Å². The van der Waals surface area contributed by atoms with Crippen molar-refractivity contribution in [2.45, 2.75) is 115 Å². The van der Waals surface area contributed by atoms with Crippen LogP contribution in [0.25, 0.3) is 10.9 Å². The Kier molecular flexibility index (Phi) is 17.9. The molecule has 9 nitrogen and oxygen atoms in total. The number of fused-ring (bicyclic) bond motifs is 1. The van der Waals surface area contributed by atoms with Crippen molar-refractivity contribution < 1.29 is 23.9 Å². The number of ether oxygens (including phenoxy) is 1. The van der Waals surface area contributed by atoms with Gasteiger partial charge in [-0.05, 0) is 49.9 Å². The highest BCUT2D eigenvalue weighted by Crippen LogP contribution is 2.21. The fourth-order valence-electron chi connectivity index (χ4n) is 5.97. The normalized spacial score (nSPS) is 12.4. The number of aromatic nitrogens is 1. The number of amides is 2. The van der Waals surface area contributed by atoms with Crippen LogP contribution in [0.15, 0.2) is 66.7 Å². The van der Waals surface area contributed by atoms with Gasteiger partial charge in [-0.3, -0.25) is 19.2 Å². The fourth-order valence-corrected chi connectivity index (χ4v) is 5.97. The van der Waals surface area contributed by atoms with Crippen molar-refractivity contribution >= 4 is 34.5 Å². The number of rotatable bonds is 25. The second kappa shape index (κ2) is 22.5. The Balaban J connectivity index is 1.56. The topological polar surface area (TPSA) is 154 Å². The first-order chi connectivity index (χ1) is 23.4. The van der Waals surface area contributed by atoms with Crippen LogP contribution in [-0.4, -0.2) is 41.1 Å². The molecule has 0 spiro atoms. The van der Waals surface area contributed by atoms with Gasteiger partial charge in [-0.2, -0.15) is 0 Å². The number of hydrogen-bond acceptors (Lipinski definition) is 7. The van der Waals surface area contributed by atoms with Gasteiger partial charge in [-0.1, -0.05) is 119 Å². The van der Waals surface area contributed by atoms with Crippen molar-refractivity contribution in [3.05, 3.63) is 78.0 Å². The lowest BCUT2D eigenvalue weighted by Crippen LogP contribution is -2.44. The molecule has 1 heterocycles. The highest BCUT2D eigenvalue weighted by Gasteiger charge is 2.30. The van der Waals surface area contributed by atoms with Gasteiger partial charge in [0.2, 0.25) is 5.91 Å². The summed E-state index contributed by atoms with van der Waals surface area (Å²) in [7, 11) is 0. The van der Waals surface area contributed by atoms with E-state index in [2.05, 4.69) is 10.3 Å². The molecule has 1 aromatic heterocycles. The van der Waals surface area contributed by atoms with Crippen molar-refractivity contribution in [3.63, 3.8) is 0 Å². The van der Waals surface area contributed by atoms with Gasteiger partial charge in [0.05, 0.1) is 11.6 Å². The number of carbonyl (C=O) groups is 4. The molecule has 0 aliphatic carbocycles. The summed E-state index contributed by atoms with van der Waals surface area (Å²) in [6, 6.07) is 19.4. The van der Waals surface area contributed by atoms with Crippen molar-refractivity contribution in [3.8, 4) is 0 Å². The first kappa shape index (κ1) is 38.3. The standard InChI is InChI=1S/C39H54N4O5/c40-27-16-9-7-5-3-1-2-4-6-8-13-21-32(28-36(41)44)38(46)34(23-17-24-37(45)48-29-30-18-11-10-12-19-30)43-39(47)35-26-25-31-20-14-15-22-33(31)42-35/h10-12,14-15,18-20,22,25-26,32,34H,1-9,13,16-17,21,23-24,27-29,40H2,(H2,41,44)(H,43,47)/t32-,34-/m0/s1. The van der Waals surface area contributed by atoms with E-state index < -0.39 is 23.8 Å². The third kappa shape index (κ3) is 14.8. The first-order valence-corrected chi connectivity index (χ1v) is 17.8. The molecule has 0 fully saturated rings. The molecular weight excluding hydrogens is 604 g/mol. The smallest absolute Gasteiger partial charge is 0.306 e. The van der Waals surface area contributed by atoms with Gasteiger partial charge >= 0.3 is 5.97 Å². The molecule has 260 valence electrons. The van der Waals surface area contributed by atoms with E-state index in [1.807, 2.05) is 60.7 Å². The Bertz CT molecular complexity index is 1410. The Labute approximate surface area is 285 Å². The SMILES string of the molecule is NCCCCCCCCCCCCC[C@@H](CC(N)=O)C(=O)[C@H](CCCC(=O)OCc1ccccc1)NC(=O)c1ccc2ccccc2n1. The van der Waals surface area contributed by atoms with E-state index in [0.29, 0.717) is 18.4 Å². The zero-order chi connectivity index (χ0) is 34.4. The van der Waals surface area contributed by atoms with Gasteiger partial charge in [-0.25, -0.2) is 4.98 Å². The summed E-state index contributed by atoms with van der Waals surface area (Å²) in [6.45, 7) is 0.943. The Hall–Kier alpha value is -4.11. The number of carbonyl (C=O) groups excluding carboxylic acids is 4. The number of unbranched alkanes of at least 4 members (excludes halogenated alkanes) is 10. The molecule has 2 aromatic carbocycles. The number of primary amides is 1. The molecule has 0 unspecified atom stereocenters. The van der Waals surface area contributed by atoms with Crippen LogP contribution in [0.2, 0.25) is 0 Å². The number of hydrogen-bond donors (Lipinski definition) is 3. The number of para-hydroxylation sites is 1. The zero-order valence-corrected chi connectivity index (χ0v) is 28.4. The van der Waals surface area contributed by atoms with Crippen molar-refractivity contribution in [2.24, 2.45) is 17.4 Å². The Morgan fingerprint density at radius 1 is 0.708 bits per heavy atom. The van der Waals surface area contributed by atoms with Crippen molar-refractivity contribution in [2.75, 3.05) is 6.54 Å². The molecule has 0 aliphatic rings. The number of benzene rings is 2. The third-order valence-electron chi connectivity index (χ3n) is 8.70. The molecule has 9 heteroatoms. The second-order valence-corrected chi connectivity index (χ2v) is 12.7. The summed E-state index contributed by atoms with van der Waals surface area (Å²) in [5, 5.41) is 3.77. The predicted molar refractivity (Wildman–Crippen MR) is 190 cm³/mol. The molecule has 0 saturated carbocycles. The minimum Gasteiger partial charge on any atom is -0.461 e. The minimum absolute atomic E-state index is 0.0807. The monoisotopic (exact) mass is 658 g/mol. The summed E-state index contributed by atoms with van der Waals surface area (Å²) in [6.07, 6.45) is 13.6. The lowest BCUT2D eigenvalue weighted by atomic mass is 9.87. The largest absolute Gasteiger partial charge is 0.461 e. The molecule has 2 atom stereocenters. The molecule has 0 radical (unpaired) electrons. The van der Waals surface area contributed by atoms with Crippen molar-refractivity contribution in [1.29, 1.82) is 0 Å². The van der Waals surface area contributed by atoms with Gasteiger partial charge in [-0.15, -0.1) is 0 Å². The summed E-state index contributed by atoms with van der Waals surface area (Å²) >= 11 is 0. The van der Waals surface area contributed by atoms with Crippen LogP contribution in [-0.2, 0) is 25.7 Å². The number of nitrogens with two attached hydrogens (primary N) is 2. The van der Waals surface area contributed by atoms with E-state index in [-0.39, 0.29) is 43.3 Å². The highest BCUT2D eigenvalue weighted by atomic mass is 16.5. The van der Waals surface area contributed by atoms with E-state index in [9.17, 15) is 19.2 Å². The summed E-state index contributed by atoms with van der Waals surface area (Å²) in [5.41, 5.74) is 12.9. The maximum absolute atomic E-state index is 13.9. The quantitative estimate of drug-likeness (QED) is 0.0657. The molecule has 48 heavy (non-hydrogen) atoms. The second-order valence-electron chi connectivity index (χ2n) is 12.7. The lowest BCUT2D eigenvalue weighted by Gasteiger charge is -2.23. The molecule has 2 amide bonds. The fraction of sp³-hybridized carbons (Fsp3) is 0.513. The Morgan fingerprint density at radius 3 is 2.00 bits per heavy atom. The number of Topliss-reactive ketones (excluding diaryl/α,β-unsaturated/α-hetero) is 1. The minimum atomic E-state index is -0.901. The van der Waals surface area contributed by atoms with Gasteiger partial charge in [0.1, 0.15) is 12.3 Å². The third-order valence-corrected chi connectivity index (χ3v) is 8.70. The van der Waals surface area contributed by atoms with E-state index >= 15 is 0 Å². The molecule has 3 aromatic rings. The van der Waals surface area contributed by atoms with Gasteiger partial charge in [0.25, 0.3) is 5.91 Å². The summed E-state index contributed by atoms with van der Waals surface area (Å²) in [4.78, 5) is 56.3. The molecule has 0 saturated heterocycles. The number of pyridine rings is 1. The van der Waals surface area contributed by atoms with Crippen LogP contribution in [0.3, 0.4) is 0 Å². The van der Waals surface area contributed by atoms with E-state index in [4.69, 9.17) is 16.2 Å². The molecule has 5 N–H and O–H groups in total. The van der Waals surface area contributed by atoms with Crippen LogP contribution >= 0.6 is 0 Å². The molecular formula is C39H54N4O5. The van der Waals surface area contributed by atoms with Crippen LogP contribution in [0.4, 0.5) is 0 Å². The maximum Gasteiger partial charge on any atom is 0.306 e. The van der Waals surface area contributed by atoms with Crippen LogP contribution < -0.4 is 16.8 Å². The van der Waals surface area contributed by atoms with Gasteiger partial charge < -0.3 is 21.5 Å². The van der Waals surface area contributed by atoms with Crippen molar-refractivity contribution in [1.82, 2.24) is 10.3 Å². The van der Waals surface area contributed by atoms with Gasteiger partial charge in [0.15, 0.2) is 5.78 Å². The highest BCUT2D eigenvalue weighted by molar-refractivity contribution is 5.99. The zero-order valence-electron chi connectivity index (χ0n) is 28.4. The summed E-state index contributed by atoms with van der Waals surface area (Å²) < 4.78 is 5.40. The average molecular weight is 659 g/mol. The van der Waals surface area contributed by atoms with E-state index in [1.165, 1.54) is 38.5 Å². The predicted octanol–water partition coefficient (Wildman–Crippen LogP) is 6.95. The maximum atomic E-state index is 13.9. The van der Waals surface area contributed by atoms with Crippen LogP contribution in [0.5, 0.6) is 0 Å². The molecule has 3 rings (SSSR count).